The van der Waals surface area contributed by atoms with Crippen LogP contribution in [0.5, 0.6) is 0 Å². The van der Waals surface area contributed by atoms with E-state index in [1.807, 2.05) is 65.8 Å². The molecule has 6 nitrogen and oxygen atoms in total. The zero-order valence-corrected chi connectivity index (χ0v) is 21.0. The van der Waals surface area contributed by atoms with Gasteiger partial charge in [-0.1, -0.05) is 53.0 Å². The van der Waals surface area contributed by atoms with E-state index in [1.54, 1.807) is 12.3 Å². The van der Waals surface area contributed by atoms with E-state index in [-0.39, 0.29) is 0 Å². The van der Waals surface area contributed by atoms with Gasteiger partial charge in [0.2, 0.25) is 0 Å². The van der Waals surface area contributed by atoms with Gasteiger partial charge in [-0.15, -0.1) is 0 Å². The van der Waals surface area contributed by atoms with Crippen molar-refractivity contribution in [2.45, 2.75) is 26.9 Å². The van der Waals surface area contributed by atoms with Crippen LogP contribution in [0.4, 0.5) is 11.4 Å². The van der Waals surface area contributed by atoms with Crippen LogP contribution in [0.15, 0.2) is 54.9 Å². The van der Waals surface area contributed by atoms with Crippen LogP contribution in [-0.4, -0.2) is 24.7 Å². The summed E-state index contributed by atoms with van der Waals surface area (Å²) >= 11 is 23.9. The van der Waals surface area contributed by atoms with Gasteiger partial charge in [0.15, 0.2) is 5.11 Å². The van der Waals surface area contributed by atoms with Crippen molar-refractivity contribution in [2.75, 3.05) is 10.6 Å². The average molecular weight is 520 g/mol. The maximum Gasteiger partial charge on any atom is 0.175 e. The minimum Gasteiger partial charge on any atom is -0.330 e. The lowest BCUT2D eigenvalue weighted by molar-refractivity contribution is 0.659. The Morgan fingerprint density at radius 1 is 1.00 bits per heavy atom. The molecule has 0 atom stereocenters. The molecule has 0 spiro atoms. The minimum atomic E-state index is 0.451. The van der Waals surface area contributed by atoms with Crippen molar-refractivity contribution in [1.29, 1.82) is 0 Å². The van der Waals surface area contributed by atoms with E-state index < -0.39 is 0 Å². The number of nitrogens with one attached hydrogen (secondary N) is 2. The van der Waals surface area contributed by atoms with Gasteiger partial charge in [-0.25, -0.2) is 0 Å². The first kappa shape index (κ1) is 23.6. The van der Waals surface area contributed by atoms with Crippen LogP contribution in [0.2, 0.25) is 15.1 Å². The number of aryl methyl sites for hydroxylation is 1. The van der Waals surface area contributed by atoms with Crippen LogP contribution < -0.4 is 10.6 Å². The highest BCUT2D eigenvalue weighted by Crippen LogP contribution is 2.25. The predicted molar refractivity (Wildman–Crippen MR) is 140 cm³/mol. The summed E-state index contributed by atoms with van der Waals surface area (Å²) in [6.45, 7) is 5.06. The van der Waals surface area contributed by atoms with Crippen LogP contribution in [0.3, 0.4) is 0 Å². The molecule has 0 aliphatic carbocycles. The van der Waals surface area contributed by atoms with Gasteiger partial charge in [0.1, 0.15) is 0 Å². The molecule has 0 bridgehead atoms. The highest BCUT2D eigenvalue weighted by atomic mass is 35.5. The number of nitrogens with zero attached hydrogens (tertiary/aromatic N) is 4. The summed E-state index contributed by atoms with van der Waals surface area (Å²) in [5.74, 6) is 0. The Bertz CT molecular complexity index is 1310. The maximum absolute atomic E-state index is 6.33. The van der Waals surface area contributed by atoms with Gasteiger partial charge in [-0.3, -0.25) is 9.36 Å². The number of benzene rings is 2. The van der Waals surface area contributed by atoms with Crippen molar-refractivity contribution in [3.8, 4) is 0 Å². The highest BCUT2D eigenvalue weighted by molar-refractivity contribution is 7.80. The fourth-order valence-electron chi connectivity index (χ4n) is 3.46. The molecule has 0 saturated carbocycles. The summed E-state index contributed by atoms with van der Waals surface area (Å²) in [4.78, 5) is 0. The second kappa shape index (κ2) is 10.1. The van der Waals surface area contributed by atoms with Crippen molar-refractivity contribution in [1.82, 2.24) is 19.6 Å². The Morgan fingerprint density at radius 2 is 1.79 bits per heavy atom. The number of aromatic nitrogens is 4. The molecule has 170 valence electrons. The van der Waals surface area contributed by atoms with Gasteiger partial charge < -0.3 is 10.6 Å². The van der Waals surface area contributed by atoms with Gasteiger partial charge in [0.05, 0.1) is 42.0 Å². The Morgan fingerprint density at radius 3 is 2.55 bits per heavy atom. The summed E-state index contributed by atoms with van der Waals surface area (Å²) < 4.78 is 3.71. The lowest BCUT2D eigenvalue weighted by atomic mass is 10.2. The topological polar surface area (TPSA) is 59.7 Å². The number of hydrogen-bond acceptors (Lipinski definition) is 3. The molecule has 0 saturated heterocycles. The third-order valence-electron chi connectivity index (χ3n) is 5.08. The quantitative estimate of drug-likeness (QED) is 0.282. The minimum absolute atomic E-state index is 0.451. The first-order valence-electron chi connectivity index (χ1n) is 10.1. The van der Waals surface area contributed by atoms with Gasteiger partial charge >= 0.3 is 0 Å². The Balaban J connectivity index is 1.41. The molecule has 4 rings (SSSR count). The number of halogens is 3. The van der Waals surface area contributed by atoms with E-state index in [1.165, 1.54) is 0 Å². The lowest BCUT2D eigenvalue weighted by Gasteiger charge is -2.10. The van der Waals surface area contributed by atoms with Crippen LogP contribution in [0, 0.1) is 13.8 Å². The van der Waals surface area contributed by atoms with Crippen molar-refractivity contribution in [3.05, 3.63) is 92.4 Å². The van der Waals surface area contributed by atoms with Crippen molar-refractivity contribution in [3.63, 3.8) is 0 Å². The predicted octanol–water partition coefficient (Wildman–Crippen LogP) is 6.56. The van der Waals surface area contributed by atoms with E-state index in [4.69, 9.17) is 47.0 Å². The first-order chi connectivity index (χ1) is 15.8. The molecular formula is C23H21Cl3N6S. The summed E-state index contributed by atoms with van der Waals surface area (Å²) in [6, 6.07) is 13.2. The maximum atomic E-state index is 6.33. The third-order valence-corrected chi connectivity index (χ3v) is 6.11. The van der Waals surface area contributed by atoms with Crippen LogP contribution in [0.25, 0.3) is 0 Å². The largest absolute Gasteiger partial charge is 0.330 e. The molecule has 0 fully saturated rings. The van der Waals surface area contributed by atoms with Crippen LogP contribution in [0.1, 0.15) is 22.5 Å². The summed E-state index contributed by atoms with van der Waals surface area (Å²) in [5, 5.41) is 17.8. The van der Waals surface area contributed by atoms with Gasteiger partial charge in [-0.2, -0.15) is 10.2 Å². The molecule has 10 heteroatoms. The zero-order chi connectivity index (χ0) is 23.5. The number of hydrogen-bond donors (Lipinski definition) is 2. The molecule has 4 aromatic rings. The summed E-state index contributed by atoms with van der Waals surface area (Å²) in [7, 11) is 0. The molecule has 0 unspecified atom stereocenters. The summed E-state index contributed by atoms with van der Waals surface area (Å²) in [6.07, 6.45) is 3.62. The van der Waals surface area contributed by atoms with E-state index in [0.29, 0.717) is 33.3 Å². The van der Waals surface area contributed by atoms with Gasteiger partial charge in [0.25, 0.3) is 0 Å². The standard InChI is InChI=1S/C23H21Cl3N6S/c1-14-22(15(2)32(30-14)12-17-6-7-19(25)9-21(17)26)29-23(33)28-20-10-27-31(13-20)11-16-4-3-5-18(24)8-16/h3-10,13H,11-12H2,1-2H3,(H2,28,29,33). The van der Waals surface area contributed by atoms with Crippen molar-refractivity contribution >= 4 is 63.5 Å². The second-order valence-corrected chi connectivity index (χ2v) is 9.26. The molecule has 0 aliphatic rings. The number of rotatable bonds is 6. The molecule has 0 amide bonds. The molecule has 2 heterocycles. The molecular weight excluding hydrogens is 499 g/mol. The zero-order valence-electron chi connectivity index (χ0n) is 17.9. The third kappa shape index (κ3) is 5.86. The van der Waals surface area contributed by atoms with Crippen LogP contribution >= 0.6 is 47.0 Å². The Hall–Kier alpha value is -2.58. The number of anilines is 2. The first-order valence-corrected chi connectivity index (χ1v) is 11.7. The molecule has 2 aromatic carbocycles. The number of thiocarbonyl (C=S) groups is 1. The van der Waals surface area contributed by atoms with Gasteiger partial charge in [-0.05, 0) is 61.5 Å². The fourth-order valence-corrected chi connectivity index (χ4v) is 4.36. The van der Waals surface area contributed by atoms with E-state index >= 15 is 0 Å². The molecule has 0 aliphatic heterocycles. The SMILES string of the molecule is Cc1nn(Cc2ccc(Cl)cc2Cl)c(C)c1NC(=S)Nc1cnn(Cc2cccc(Cl)c2)c1. The average Bonchev–Trinajstić information content (AvgIpc) is 3.29. The van der Waals surface area contributed by atoms with Gasteiger partial charge in [0, 0.05) is 21.3 Å². The molecule has 2 aromatic heterocycles. The van der Waals surface area contributed by atoms with E-state index in [9.17, 15) is 0 Å². The Labute approximate surface area is 212 Å². The molecule has 2 N–H and O–H groups in total. The second-order valence-electron chi connectivity index (χ2n) is 7.57. The monoisotopic (exact) mass is 518 g/mol. The van der Waals surface area contributed by atoms with Crippen LogP contribution in [-0.2, 0) is 13.1 Å². The fraction of sp³-hybridized carbons (Fsp3) is 0.174. The van der Waals surface area contributed by atoms with Crippen molar-refractivity contribution in [2.24, 2.45) is 0 Å². The normalized spacial score (nSPS) is 10.9. The molecule has 0 radical (unpaired) electrons. The van der Waals surface area contributed by atoms with Crippen molar-refractivity contribution < 1.29 is 0 Å². The summed E-state index contributed by atoms with van der Waals surface area (Å²) in [5.41, 5.74) is 5.41. The highest BCUT2D eigenvalue weighted by Gasteiger charge is 2.14. The van der Waals surface area contributed by atoms with E-state index in [2.05, 4.69) is 20.8 Å². The Kier molecular flexibility index (Phi) is 7.24. The lowest BCUT2D eigenvalue weighted by Crippen LogP contribution is -2.19. The smallest absolute Gasteiger partial charge is 0.175 e. The molecule has 33 heavy (non-hydrogen) atoms. The van der Waals surface area contributed by atoms with E-state index in [0.717, 1.165) is 33.9 Å².